The van der Waals surface area contributed by atoms with Gasteiger partial charge >= 0.3 is 5.97 Å². The van der Waals surface area contributed by atoms with Gasteiger partial charge in [0.15, 0.2) is 34.8 Å². The number of halogens is 6. The second-order valence-corrected chi connectivity index (χ2v) is 8.55. The Morgan fingerprint density at radius 3 is 2.08 bits per heavy atom. The molecule has 9 heteroatoms. The quantitative estimate of drug-likeness (QED) is 0.247. The molecule has 3 aromatic carbocycles. The molecule has 3 nitrogen and oxygen atoms in total. The molecule has 37 heavy (non-hydrogen) atoms. The van der Waals surface area contributed by atoms with Crippen molar-refractivity contribution in [3.05, 3.63) is 94.1 Å². The van der Waals surface area contributed by atoms with Crippen LogP contribution in [0.4, 0.5) is 26.3 Å². The van der Waals surface area contributed by atoms with Crippen LogP contribution in [-0.2, 0) is 4.74 Å². The number of hydrogen-bond acceptors (Lipinski definition) is 3. The fraction of sp³-hybridized carbons (Fsp3) is 0.250. The first-order chi connectivity index (χ1) is 17.6. The highest BCUT2D eigenvalue weighted by Gasteiger charge is 2.26. The van der Waals surface area contributed by atoms with Crippen LogP contribution in [-0.4, -0.2) is 18.7 Å². The van der Waals surface area contributed by atoms with E-state index in [1.54, 1.807) is 13.0 Å². The molecule has 0 N–H and O–H groups in total. The van der Waals surface area contributed by atoms with E-state index in [9.17, 15) is 31.1 Å². The number of allylic oxidation sites excluding steroid dienone is 1. The lowest BCUT2D eigenvalue weighted by Crippen LogP contribution is -2.21. The largest absolute Gasteiger partial charge is 0.491 e. The van der Waals surface area contributed by atoms with Crippen LogP contribution in [0, 0.1) is 41.8 Å². The molecule has 0 amide bonds. The Kier molecular flexibility index (Phi) is 7.61. The zero-order chi connectivity index (χ0) is 26.9. The standard InChI is InChI=1S/C28H22F6O3/c1-3-36-21-13-12-19(25(32)27(21)34)18-11-10-17(23(30)24(18)31)15-5-7-16(8-6-15)37-28(35)20-9-4-14(2)22(29)26(20)33/h4-5,9-13,16H,3,6-8H2,1-2H3. The number of rotatable bonds is 6. The summed E-state index contributed by atoms with van der Waals surface area (Å²) in [7, 11) is 0. The van der Waals surface area contributed by atoms with Gasteiger partial charge in [0, 0.05) is 23.1 Å². The first-order valence-corrected chi connectivity index (χ1v) is 11.6. The van der Waals surface area contributed by atoms with E-state index in [4.69, 9.17) is 9.47 Å². The smallest absolute Gasteiger partial charge is 0.341 e. The number of benzene rings is 3. The van der Waals surface area contributed by atoms with Gasteiger partial charge in [0.1, 0.15) is 6.10 Å². The Morgan fingerprint density at radius 2 is 1.43 bits per heavy atom. The minimum absolute atomic E-state index is 0.0509. The first kappa shape index (κ1) is 26.3. The van der Waals surface area contributed by atoms with E-state index in [1.807, 2.05) is 0 Å². The van der Waals surface area contributed by atoms with E-state index in [2.05, 4.69) is 0 Å². The molecule has 0 bridgehead atoms. The van der Waals surface area contributed by atoms with Crippen LogP contribution in [0.2, 0.25) is 0 Å². The average molecular weight is 520 g/mol. The first-order valence-electron chi connectivity index (χ1n) is 11.6. The van der Waals surface area contributed by atoms with Crippen molar-refractivity contribution >= 4 is 11.5 Å². The number of carbonyl (C=O) groups excluding carboxylic acids is 1. The Labute approximate surface area is 209 Å². The third-order valence-electron chi connectivity index (χ3n) is 6.20. The van der Waals surface area contributed by atoms with Crippen molar-refractivity contribution < 1.29 is 40.6 Å². The van der Waals surface area contributed by atoms with Gasteiger partial charge in [0.05, 0.1) is 12.2 Å². The third kappa shape index (κ3) is 5.08. The van der Waals surface area contributed by atoms with Gasteiger partial charge in [-0.2, -0.15) is 4.39 Å². The highest BCUT2D eigenvalue weighted by molar-refractivity contribution is 5.90. The van der Waals surface area contributed by atoms with Gasteiger partial charge in [0.2, 0.25) is 5.82 Å². The Balaban J connectivity index is 1.52. The molecular formula is C28H22F6O3. The van der Waals surface area contributed by atoms with Gasteiger partial charge in [-0.1, -0.05) is 24.3 Å². The van der Waals surface area contributed by atoms with Crippen LogP contribution in [0.15, 0.2) is 42.5 Å². The van der Waals surface area contributed by atoms with Gasteiger partial charge in [0.25, 0.3) is 0 Å². The van der Waals surface area contributed by atoms with Crippen LogP contribution in [0.25, 0.3) is 16.7 Å². The number of hydrogen-bond donors (Lipinski definition) is 0. The lowest BCUT2D eigenvalue weighted by molar-refractivity contribution is 0.0279. The number of carbonyl (C=O) groups is 1. The van der Waals surface area contributed by atoms with Crippen LogP contribution in [0.1, 0.15) is 47.7 Å². The normalized spacial score (nSPS) is 15.4. The summed E-state index contributed by atoms with van der Waals surface area (Å²) in [6.07, 6.45) is 1.45. The lowest BCUT2D eigenvalue weighted by Gasteiger charge is -2.23. The third-order valence-corrected chi connectivity index (χ3v) is 6.20. The fourth-order valence-corrected chi connectivity index (χ4v) is 4.19. The van der Waals surface area contributed by atoms with Crippen LogP contribution in [0.5, 0.6) is 5.75 Å². The minimum atomic E-state index is -1.36. The van der Waals surface area contributed by atoms with E-state index >= 15 is 0 Å². The Morgan fingerprint density at radius 1 is 0.811 bits per heavy atom. The monoisotopic (exact) mass is 520 g/mol. The predicted molar refractivity (Wildman–Crippen MR) is 125 cm³/mol. The molecule has 0 heterocycles. The van der Waals surface area contributed by atoms with Gasteiger partial charge in [-0.15, -0.1) is 0 Å². The maximum atomic E-state index is 15.0. The summed E-state index contributed by atoms with van der Waals surface area (Å²) in [5.41, 5.74) is -1.01. The molecule has 1 unspecified atom stereocenters. The lowest BCUT2D eigenvalue weighted by atomic mass is 9.90. The van der Waals surface area contributed by atoms with Gasteiger partial charge < -0.3 is 9.47 Å². The second-order valence-electron chi connectivity index (χ2n) is 8.55. The van der Waals surface area contributed by atoms with E-state index in [-0.39, 0.29) is 42.7 Å². The molecule has 1 aliphatic carbocycles. The van der Waals surface area contributed by atoms with Crippen molar-refractivity contribution in [1.29, 1.82) is 0 Å². The van der Waals surface area contributed by atoms with Crippen LogP contribution in [0.3, 0.4) is 0 Å². The number of aryl methyl sites for hydroxylation is 1. The number of ether oxygens (including phenoxy) is 2. The predicted octanol–water partition coefficient (Wildman–Crippen LogP) is 7.69. The summed E-state index contributed by atoms with van der Waals surface area (Å²) < 4.78 is 96.8. The van der Waals surface area contributed by atoms with Crippen molar-refractivity contribution in [2.24, 2.45) is 0 Å². The highest BCUT2D eigenvalue weighted by atomic mass is 19.2. The molecule has 1 atom stereocenters. The molecule has 0 saturated carbocycles. The average Bonchev–Trinajstić information content (AvgIpc) is 2.88. The maximum Gasteiger partial charge on any atom is 0.341 e. The summed E-state index contributed by atoms with van der Waals surface area (Å²) in [5, 5.41) is 0. The van der Waals surface area contributed by atoms with Crippen molar-refractivity contribution in [3.63, 3.8) is 0 Å². The van der Waals surface area contributed by atoms with E-state index in [0.717, 1.165) is 24.3 Å². The van der Waals surface area contributed by atoms with Gasteiger partial charge in [-0.3, -0.25) is 0 Å². The van der Waals surface area contributed by atoms with Gasteiger partial charge in [-0.05, 0) is 56.0 Å². The molecule has 0 saturated heterocycles. The molecule has 0 radical (unpaired) electrons. The maximum absolute atomic E-state index is 15.0. The van der Waals surface area contributed by atoms with Crippen molar-refractivity contribution in [2.45, 2.75) is 39.2 Å². The van der Waals surface area contributed by atoms with Crippen LogP contribution < -0.4 is 4.74 Å². The Hall–Kier alpha value is -3.75. The van der Waals surface area contributed by atoms with Crippen LogP contribution >= 0.6 is 0 Å². The highest BCUT2D eigenvalue weighted by Crippen LogP contribution is 2.36. The molecule has 4 rings (SSSR count). The summed E-state index contributed by atoms with van der Waals surface area (Å²) in [5.74, 6) is -9.01. The van der Waals surface area contributed by atoms with E-state index < -0.39 is 63.7 Å². The van der Waals surface area contributed by atoms with Crippen molar-refractivity contribution in [2.75, 3.05) is 6.61 Å². The van der Waals surface area contributed by atoms with Crippen molar-refractivity contribution in [1.82, 2.24) is 0 Å². The molecule has 0 fully saturated rings. The molecule has 194 valence electrons. The summed E-state index contributed by atoms with van der Waals surface area (Å²) in [6.45, 7) is 3.06. The fourth-order valence-electron chi connectivity index (χ4n) is 4.19. The summed E-state index contributed by atoms with van der Waals surface area (Å²) in [4.78, 5) is 12.3. The van der Waals surface area contributed by atoms with Crippen molar-refractivity contribution in [3.8, 4) is 16.9 Å². The Bertz CT molecular complexity index is 1400. The topological polar surface area (TPSA) is 35.5 Å². The summed E-state index contributed by atoms with van der Waals surface area (Å²) in [6, 6.07) is 7.09. The van der Waals surface area contributed by atoms with E-state index in [0.29, 0.717) is 5.57 Å². The molecule has 0 aromatic heterocycles. The summed E-state index contributed by atoms with van der Waals surface area (Å²) >= 11 is 0. The molecule has 1 aliphatic rings. The molecule has 0 aliphatic heterocycles. The SMILES string of the molecule is CCOc1ccc(-c2ccc(C3=CCC(OC(=O)c4ccc(C)c(F)c4F)CC3)c(F)c2F)c(F)c1F. The zero-order valence-electron chi connectivity index (χ0n) is 19.9. The van der Waals surface area contributed by atoms with E-state index in [1.165, 1.54) is 19.1 Å². The minimum Gasteiger partial charge on any atom is -0.491 e. The molecular weight excluding hydrogens is 498 g/mol. The van der Waals surface area contributed by atoms with Gasteiger partial charge in [-0.25, -0.2) is 26.7 Å². The zero-order valence-corrected chi connectivity index (χ0v) is 19.9. The molecule has 0 spiro atoms. The molecule has 3 aromatic rings. The second kappa shape index (κ2) is 10.7. The number of esters is 1.